The summed E-state index contributed by atoms with van der Waals surface area (Å²) in [6.07, 6.45) is 0. The highest BCUT2D eigenvalue weighted by Crippen LogP contribution is 2.25. The quantitative estimate of drug-likeness (QED) is 0.856. The minimum absolute atomic E-state index is 0.0990. The summed E-state index contributed by atoms with van der Waals surface area (Å²) in [6, 6.07) is 7.14. The van der Waals surface area contributed by atoms with Gasteiger partial charge in [-0.3, -0.25) is 4.72 Å². The van der Waals surface area contributed by atoms with Crippen LogP contribution >= 0.6 is 0 Å². The van der Waals surface area contributed by atoms with E-state index in [2.05, 4.69) is 4.72 Å². The second kappa shape index (κ2) is 5.37. The van der Waals surface area contributed by atoms with Crippen LogP contribution in [0.1, 0.15) is 16.7 Å². The van der Waals surface area contributed by atoms with Gasteiger partial charge in [0.2, 0.25) is 0 Å². The summed E-state index contributed by atoms with van der Waals surface area (Å²) < 4.78 is 40.7. The topological polar surface area (TPSA) is 72.2 Å². The van der Waals surface area contributed by atoms with Gasteiger partial charge in [-0.25, -0.2) is 12.8 Å². The van der Waals surface area contributed by atoms with Gasteiger partial charge in [-0.15, -0.1) is 0 Å². The van der Waals surface area contributed by atoms with E-state index in [1.807, 2.05) is 0 Å². The van der Waals surface area contributed by atoms with Crippen molar-refractivity contribution in [3.8, 4) is 0 Å². The Bertz CT molecular complexity index is 781. The van der Waals surface area contributed by atoms with Crippen molar-refractivity contribution in [3.05, 3.63) is 52.8 Å². The number of nitrogen functional groups attached to an aromatic ring is 1. The number of anilines is 2. The van der Waals surface area contributed by atoms with Crippen molar-refractivity contribution >= 4 is 21.4 Å². The van der Waals surface area contributed by atoms with Gasteiger partial charge >= 0.3 is 0 Å². The lowest BCUT2D eigenvalue weighted by Gasteiger charge is -2.13. The van der Waals surface area contributed by atoms with Crippen molar-refractivity contribution < 1.29 is 12.8 Å². The lowest BCUT2D eigenvalue weighted by atomic mass is 10.1. The number of halogens is 1. The fourth-order valence-corrected chi connectivity index (χ4v) is 3.53. The third-order valence-electron chi connectivity index (χ3n) is 3.23. The maximum absolute atomic E-state index is 13.4. The van der Waals surface area contributed by atoms with E-state index in [9.17, 15) is 12.8 Å². The van der Waals surface area contributed by atoms with E-state index in [0.717, 1.165) is 11.6 Å². The number of hydrogen-bond donors (Lipinski definition) is 2. The maximum atomic E-state index is 13.4. The highest BCUT2D eigenvalue weighted by molar-refractivity contribution is 7.92. The minimum atomic E-state index is -3.82. The monoisotopic (exact) mass is 308 g/mol. The Kier molecular flexibility index (Phi) is 3.91. The summed E-state index contributed by atoms with van der Waals surface area (Å²) in [7, 11) is -3.82. The Morgan fingerprint density at radius 3 is 2.33 bits per heavy atom. The van der Waals surface area contributed by atoms with Crippen LogP contribution in [0.15, 0.2) is 35.2 Å². The first-order valence-corrected chi connectivity index (χ1v) is 7.84. The third-order valence-corrected chi connectivity index (χ3v) is 4.73. The molecule has 0 saturated heterocycles. The van der Waals surface area contributed by atoms with Gasteiger partial charge in [0, 0.05) is 5.69 Å². The van der Waals surface area contributed by atoms with Crippen molar-refractivity contribution in [2.75, 3.05) is 10.5 Å². The van der Waals surface area contributed by atoms with E-state index in [0.29, 0.717) is 16.8 Å². The van der Waals surface area contributed by atoms with Crippen LogP contribution in [0.5, 0.6) is 0 Å². The Labute approximate surface area is 123 Å². The molecule has 0 bridgehead atoms. The van der Waals surface area contributed by atoms with Crippen LogP contribution in [0.2, 0.25) is 0 Å². The van der Waals surface area contributed by atoms with E-state index < -0.39 is 15.8 Å². The molecule has 0 amide bonds. The standard InChI is InChI=1S/C15H17FN2O2S/c1-9-4-12(16)7-14(5-9)18-21(19,20)15-8-13(17)6-10(2)11(15)3/h4-8,18H,17H2,1-3H3. The maximum Gasteiger partial charge on any atom is 0.262 e. The summed E-state index contributed by atoms with van der Waals surface area (Å²) in [4.78, 5) is 0.0990. The Hall–Kier alpha value is -2.08. The van der Waals surface area contributed by atoms with E-state index in [1.54, 1.807) is 32.9 Å². The molecule has 0 heterocycles. The van der Waals surface area contributed by atoms with Gasteiger partial charge in [-0.05, 0) is 67.8 Å². The fourth-order valence-electron chi connectivity index (χ4n) is 2.14. The molecule has 6 heteroatoms. The first-order chi connectivity index (χ1) is 9.69. The molecule has 0 saturated carbocycles. The summed E-state index contributed by atoms with van der Waals surface area (Å²) >= 11 is 0. The van der Waals surface area contributed by atoms with Crippen LogP contribution in [-0.2, 0) is 10.0 Å². The van der Waals surface area contributed by atoms with Crippen molar-refractivity contribution in [1.82, 2.24) is 0 Å². The zero-order valence-corrected chi connectivity index (χ0v) is 12.9. The number of nitrogens with one attached hydrogen (secondary N) is 1. The molecule has 3 N–H and O–H groups in total. The molecule has 0 atom stereocenters. The van der Waals surface area contributed by atoms with Crippen molar-refractivity contribution in [3.63, 3.8) is 0 Å². The molecular weight excluding hydrogens is 291 g/mol. The lowest BCUT2D eigenvalue weighted by Crippen LogP contribution is -2.15. The Morgan fingerprint density at radius 1 is 1.05 bits per heavy atom. The number of benzene rings is 2. The molecule has 0 aliphatic heterocycles. The molecule has 0 fully saturated rings. The molecule has 0 unspecified atom stereocenters. The molecule has 0 aliphatic carbocycles. The molecule has 2 aromatic carbocycles. The summed E-state index contributed by atoms with van der Waals surface area (Å²) in [5, 5.41) is 0. The molecule has 2 aromatic rings. The third kappa shape index (κ3) is 3.33. The first kappa shape index (κ1) is 15.3. The Morgan fingerprint density at radius 2 is 1.71 bits per heavy atom. The smallest absolute Gasteiger partial charge is 0.262 e. The molecule has 0 radical (unpaired) electrons. The molecule has 112 valence electrons. The van der Waals surface area contributed by atoms with Gasteiger partial charge < -0.3 is 5.73 Å². The highest BCUT2D eigenvalue weighted by atomic mass is 32.2. The van der Waals surface area contributed by atoms with Gasteiger partial charge in [0.15, 0.2) is 0 Å². The number of sulfonamides is 1. The largest absolute Gasteiger partial charge is 0.399 e. The average Bonchev–Trinajstić information content (AvgIpc) is 2.31. The van der Waals surface area contributed by atoms with Crippen LogP contribution in [0.4, 0.5) is 15.8 Å². The van der Waals surface area contributed by atoms with E-state index in [-0.39, 0.29) is 10.6 Å². The van der Waals surface area contributed by atoms with Crippen LogP contribution < -0.4 is 10.5 Å². The van der Waals surface area contributed by atoms with Crippen LogP contribution in [0, 0.1) is 26.6 Å². The van der Waals surface area contributed by atoms with Crippen LogP contribution in [0.25, 0.3) is 0 Å². The summed E-state index contributed by atoms with van der Waals surface area (Å²) in [5.41, 5.74) is 8.30. The SMILES string of the molecule is Cc1cc(F)cc(NS(=O)(=O)c2cc(N)cc(C)c2C)c1. The minimum Gasteiger partial charge on any atom is -0.399 e. The molecule has 4 nitrogen and oxygen atoms in total. The second-order valence-electron chi connectivity index (χ2n) is 5.08. The van der Waals surface area contributed by atoms with Gasteiger partial charge in [0.05, 0.1) is 10.6 Å². The van der Waals surface area contributed by atoms with Crippen molar-refractivity contribution in [1.29, 1.82) is 0 Å². The summed E-state index contributed by atoms with van der Waals surface area (Å²) in [5.74, 6) is -0.492. The zero-order valence-electron chi connectivity index (χ0n) is 12.1. The predicted molar refractivity (Wildman–Crippen MR) is 82.3 cm³/mol. The molecule has 0 spiro atoms. The highest BCUT2D eigenvalue weighted by Gasteiger charge is 2.19. The van der Waals surface area contributed by atoms with Gasteiger partial charge in [0.1, 0.15) is 5.82 Å². The van der Waals surface area contributed by atoms with Crippen LogP contribution in [0.3, 0.4) is 0 Å². The molecule has 21 heavy (non-hydrogen) atoms. The van der Waals surface area contributed by atoms with Gasteiger partial charge in [0.25, 0.3) is 10.0 Å². The summed E-state index contributed by atoms with van der Waals surface area (Å²) in [6.45, 7) is 5.19. The van der Waals surface area contributed by atoms with E-state index in [4.69, 9.17) is 5.73 Å². The van der Waals surface area contributed by atoms with Crippen molar-refractivity contribution in [2.24, 2.45) is 0 Å². The molecule has 0 aromatic heterocycles. The number of rotatable bonds is 3. The zero-order chi connectivity index (χ0) is 15.8. The predicted octanol–water partition coefficient (Wildman–Crippen LogP) is 3.13. The second-order valence-corrected chi connectivity index (χ2v) is 6.73. The Balaban J connectivity index is 2.48. The molecule has 0 aliphatic rings. The fraction of sp³-hybridized carbons (Fsp3) is 0.200. The molecular formula is C15H17FN2O2S. The number of aryl methyl sites for hydroxylation is 2. The average molecular weight is 308 g/mol. The number of nitrogens with two attached hydrogens (primary N) is 1. The number of hydrogen-bond acceptors (Lipinski definition) is 3. The van der Waals surface area contributed by atoms with E-state index in [1.165, 1.54) is 12.1 Å². The van der Waals surface area contributed by atoms with Crippen molar-refractivity contribution in [2.45, 2.75) is 25.7 Å². The first-order valence-electron chi connectivity index (χ1n) is 6.36. The van der Waals surface area contributed by atoms with Gasteiger partial charge in [-0.2, -0.15) is 0 Å². The normalized spacial score (nSPS) is 11.4. The van der Waals surface area contributed by atoms with Crippen LogP contribution in [-0.4, -0.2) is 8.42 Å². The molecule has 2 rings (SSSR count). The van der Waals surface area contributed by atoms with E-state index >= 15 is 0 Å². The lowest BCUT2D eigenvalue weighted by molar-refractivity contribution is 0.600. The van der Waals surface area contributed by atoms with Gasteiger partial charge in [-0.1, -0.05) is 0 Å².